The first-order valence-corrected chi connectivity index (χ1v) is 8.31. The summed E-state index contributed by atoms with van der Waals surface area (Å²) in [7, 11) is 0. The highest BCUT2D eigenvalue weighted by Crippen LogP contribution is 2.36. The quantitative estimate of drug-likeness (QED) is 0.773. The van der Waals surface area contributed by atoms with Crippen molar-refractivity contribution >= 4 is 17.5 Å². The molecule has 0 radical (unpaired) electrons. The van der Waals surface area contributed by atoms with Gasteiger partial charge in [0.05, 0.1) is 12.0 Å². The van der Waals surface area contributed by atoms with Crippen LogP contribution in [-0.4, -0.2) is 26.7 Å². The summed E-state index contributed by atoms with van der Waals surface area (Å²) in [5, 5.41) is 10.7. The molecular formula is C19H19N5O. The largest absolute Gasteiger partial charge is 0.351 e. The van der Waals surface area contributed by atoms with Gasteiger partial charge in [-0.25, -0.2) is 4.68 Å². The molecule has 0 fully saturated rings. The maximum atomic E-state index is 13.1. The first-order valence-electron chi connectivity index (χ1n) is 8.31. The van der Waals surface area contributed by atoms with Gasteiger partial charge in [0.15, 0.2) is 0 Å². The Kier molecular flexibility index (Phi) is 3.93. The van der Waals surface area contributed by atoms with Crippen molar-refractivity contribution in [3.63, 3.8) is 0 Å². The second kappa shape index (κ2) is 6.39. The first-order chi connectivity index (χ1) is 12.2. The summed E-state index contributed by atoms with van der Waals surface area (Å²) < 4.78 is 1.80. The number of nitrogens with one attached hydrogen (secondary N) is 2. The SMILES string of the molecule is C[C@H]1Nc2ncnn2[C@@H](c2ccccc2)[C@H]1C(=O)Nc1ccccc1. The van der Waals surface area contributed by atoms with Crippen LogP contribution in [0.25, 0.3) is 0 Å². The Hall–Kier alpha value is -3.15. The number of para-hydroxylation sites is 1. The zero-order valence-electron chi connectivity index (χ0n) is 13.8. The van der Waals surface area contributed by atoms with Crippen molar-refractivity contribution in [2.75, 3.05) is 10.6 Å². The Morgan fingerprint density at radius 1 is 1.08 bits per heavy atom. The number of nitrogens with zero attached hydrogens (tertiary/aromatic N) is 3. The molecule has 4 rings (SSSR count). The number of amides is 1. The molecular weight excluding hydrogens is 314 g/mol. The number of fused-ring (bicyclic) bond motifs is 1. The highest BCUT2D eigenvalue weighted by atomic mass is 16.2. The van der Waals surface area contributed by atoms with Gasteiger partial charge in [-0.2, -0.15) is 10.1 Å². The Balaban J connectivity index is 1.72. The molecule has 0 saturated heterocycles. The number of rotatable bonds is 3. The average Bonchev–Trinajstić information content (AvgIpc) is 3.10. The van der Waals surface area contributed by atoms with E-state index in [1.165, 1.54) is 6.33 Å². The number of hydrogen-bond donors (Lipinski definition) is 2. The predicted molar refractivity (Wildman–Crippen MR) is 96.2 cm³/mol. The molecule has 0 bridgehead atoms. The third-order valence-electron chi connectivity index (χ3n) is 4.56. The lowest BCUT2D eigenvalue weighted by Crippen LogP contribution is -2.46. The lowest BCUT2D eigenvalue weighted by Gasteiger charge is -2.36. The van der Waals surface area contributed by atoms with E-state index in [0.29, 0.717) is 5.95 Å². The van der Waals surface area contributed by atoms with Gasteiger partial charge in [-0.15, -0.1) is 0 Å². The fraction of sp³-hybridized carbons (Fsp3) is 0.211. The highest BCUT2D eigenvalue weighted by Gasteiger charge is 2.41. The maximum absolute atomic E-state index is 13.1. The Labute approximate surface area is 145 Å². The van der Waals surface area contributed by atoms with Crippen LogP contribution in [0.15, 0.2) is 67.0 Å². The molecule has 0 spiro atoms. The van der Waals surface area contributed by atoms with Gasteiger partial charge in [0.1, 0.15) is 6.33 Å². The monoisotopic (exact) mass is 333 g/mol. The van der Waals surface area contributed by atoms with Crippen LogP contribution in [0.5, 0.6) is 0 Å². The minimum Gasteiger partial charge on any atom is -0.351 e. The number of benzene rings is 2. The van der Waals surface area contributed by atoms with E-state index >= 15 is 0 Å². The summed E-state index contributed by atoms with van der Waals surface area (Å²) >= 11 is 0. The number of hydrogen-bond acceptors (Lipinski definition) is 4. The number of carbonyl (C=O) groups excluding carboxylic acids is 1. The van der Waals surface area contributed by atoms with Gasteiger partial charge in [0.2, 0.25) is 11.9 Å². The molecule has 1 aliphatic rings. The summed E-state index contributed by atoms with van der Waals surface area (Å²) in [5.41, 5.74) is 1.83. The standard InChI is InChI=1S/C19H19N5O/c1-13-16(18(25)23-15-10-6-3-7-11-15)17(14-8-4-2-5-9-14)24-19(22-13)20-12-21-24/h2-13,16-17H,1H3,(H,23,25)(H,20,21,22)/t13-,16+,17+/m1/s1. The van der Waals surface area contributed by atoms with E-state index < -0.39 is 0 Å². The van der Waals surface area contributed by atoms with Crippen LogP contribution in [0, 0.1) is 5.92 Å². The van der Waals surface area contributed by atoms with E-state index in [-0.39, 0.29) is 23.9 Å². The molecule has 126 valence electrons. The van der Waals surface area contributed by atoms with Gasteiger partial charge >= 0.3 is 0 Å². The molecule has 0 aliphatic carbocycles. The Morgan fingerprint density at radius 3 is 2.48 bits per heavy atom. The molecule has 2 aromatic carbocycles. The fourth-order valence-electron chi connectivity index (χ4n) is 3.39. The topological polar surface area (TPSA) is 71.8 Å². The summed E-state index contributed by atoms with van der Waals surface area (Å²) in [6.45, 7) is 2.00. The zero-order chi connectivity index (χ0) is 17.2. The van der Waals surface area contributed by atoms with Crippen molar-refractivity contribution in [3.05, 3.63) is 72.6 Å². The molecule has 3 aromatic rings. The molecule has 0 saturated carbocycles. The van der Waals surface area contributed by atoms with Crippen molar-refractivity contribution in [1.82, 2.24) is 14.8 Å². The van der Waals surface area contributed by atoms with Crippen molar-refractivity contribution in [2.24, 2.45) is 5.92 Å². The van der Waals surface area contributed by atoms with Crippen molar-refractivity contribution < 1.29 is 4.79 Å². The Morgan fingerprint density at radius 2 is 1.76 bits per heavy atom. The second-order valence-corrected chi connectivity index (χ2v) is 6.20. The smallest absolute Gasteiger partial charge is 0.232 e. The summed E-state index contributed by atoms with van der Waals surface area (Å²) in [5.74, 6) is 0.322. The highest BCUT2D eigenvalue weighted by molar-refractivity contribution is 5.94. The van der Waals surface area contributed by atoms with Gasteiger partial charge in [-0.3, -0.25) is 4.79 Å². The second-order valence-electron chi connectivity index (χ2n) is 6.20. The third kappa shape index (κ3) is 2.87. The molecule has 2 heterocycles. The summed E-state index contributed by atoms with van der Waals surface area (Å²) in [6.07, 6.45) is 1.52. The van der Waals surface area contributed by atoms with E-state index in [4.69, 9.17) is 0 Å². The van der Waals surface area contributed by atoms with Crippen LogP contribution in [0.2, 0.25) is 0 Å². The van der Waals surface area contributed by atoms with Crippen molar-refractivity contribution in [3.8, 4) is 0 Å². The fourth-order valence-corrected chi connectivity index (χ4v) is 3.39. The minimum absolute atomic E-state index is 0.0406. The molecule has 0 unspecified atom stereocenters. The van der Waals surface area contributed by atoms with Gasteiger partial charge in [-0.05, 0) is 24.6 Å². The normalized spacial score (nSPS) is 21.9. The maximum Gasteiger partial charge on any atom is 0.232 e. The molecule has 6 heteroatoms. The van der Waals surface area contributed by atoms with E-state index in [0.717, 1.165) is 11.3 Å². The molecule has 1 aliphatic heterocycles. The van der Waals surface area contributed by atoms with E-state index in [1.54, 1.807) is 4.68 Å². The van der Waals surface area contributed by atoms with Gasteiger partial charge in [0.25, 0.3) is 0 Å². The van der Waals surface area contributed by atoms with Crippen LogP contribution in [0.4, 0.5) is 11.6 Å². The van der Waals surface area contributed by atoms with Gasteiger partial charge in [0, 0.05) is 11.7 Å². The van der Waals surface area contributed by atoms with Crippen LogP contribution < -0.4 is 10.6 Å². The number of carbonyl (C=O) groups is 1. The van der Waals surface area contributed by atoms with Gasteiger partial charge < -0.3 is 10.6 Å². The molecule has 1 aromatic heterocycles. The molecule has 1 amide bonds. The molecule has 6 nitrogen and oxygen atoms in total. The van der Waals surface area contributed by atoms with Crippen LogP contribution in [0.1, 0.15) is 18.5 Å². The van der Waals surface area contributed by atoms with E-state index in [9.17, 15) is 4.79 Å². The van der Waals surface area contributed by atoms with E-state index in [1.807, 2.05) is 67.6 Å². The summed E-state index contributed by atoms with van der Waals surface area (Å²) in [4.78, 5) is 17.4. The van der Waals surface area contributed by atoms with E-state index in [2.05, 4.69) is 20.7 Å². The molecule has 2 N–H and O–H groups in total. The van der Waals surface area contributed by atoms with Crippen LogP contribution >= 0.6 is 0 Å². The number of aromatic nitrogens is 3. The van der Waals surface area contributed by atoms with Crippen molar-refractivity contribution in [2.45, 2.75) is 19.0 Å². The van der Waals surface area contributed by atoms with Crippen LogP contribution in [0.3, 0.4) is 0 Å². The minimum atomic E-state index is -0.322. The average molecular weight is 333 g/mol. The molecule has 25 heavy (non-hydrogen) atoms. The lowest BCUT2D eigenvalue weighted by molar-refractivity contribution is -0.121. The number of anilines is 2. The third-order valence-corrected chi connectivity index (χ3v) is 4.56. The van der Waals surface area contributed by atoms with Gasteiger partial charge in [-0.1, -0.05) is 48.5 Å². The molecule has 3 atom stereocenters. The summed E-state index contributed by atoms with van der Waals surface area (Å²) in [6, 6.07) is 19.2. The predicted octanol–water partition coefficient (Wildman–Crippen LogP) is 2.94. The Bertz CT molecular complexity index is 862. The lowest BCUT2D eigenvalue weighted by atomic mass is 9.85. The van der Waals surface area contributed by atoms with Crippen molar-refractivity contribution in [1.29, 1.82) is 0 Å². The van der Waals surface area contributed by atoms with Crippen LogP contribution in [-0.2, 0) is 4.79 Å². The first kappa shape index (κ1) is 15.4. The zero-order valence-corrected chi connectivity index (χ0v) is 13.8.